The third-order valence-corrected chi connectivity index (χ3v) is 6.46. The average Bonchev–Trinajstić information content (AvgIpc) is 3.23. The van der Waals surface area contributed by atoms with Crippen molar-refractivity contribution in [3.63, 3.8) is 0 Å². The predicted molar refractivity (Wildman–Crippen MR) is 112 cm³/mol. The summed E-state index contributed by atoms with van der Waals surface area (Å²) in [7, 11) is -4.27. The third kappa shape index (κ3) is 6.29. The first kappa shape index (κ1) is 23.7. The molecule has 32 heavy (non-hydrogen) atoms. The molecule has 1 saturated heterocycles. The van der Waals surface area contributed by atoms with E-state index in [1.54, 1.807) is 0 Å². The topological polar surface area (TPSA) is 145 Å². The van der Waals surface area contributed by atoms with Crippen LogP contribution in [-0.2, 0) is 28.9 Å². The van der Waals surface area contributed by atoms with Gasteiger partial charge in [0.1, 0.15) is 5.94 Å². The normalized spacial score (nSPS) is 19.2. The van der Waals surface area contributed by atoms with Crippen molar-refractivity contribution >= 4 is 34.8 Å². The molecule has 1 saturated carbocycles. The van der Waals surface area contributed by atoms with Crippen molar-refractivity contribution in [2.45, 2.75) is 36.5 Å². The smallest absolute Gasteiger partial charge is 0.497 e. The van der Waals surface area contributed by atoms with E-state index in [2.05, 4.69) is 16.6 Å². The quantitative estimate of drug-likeness (QED) is 0.285. The first-order chi connectivity index (χ1) is 15.1. The van der Waals surface area contributed by atoms with E-state index >= 15 is 0 Å². The van der Waals surface area contributed by atoms with Gasteiger partial charge in [-0.25, -0.2) is 8.42 Å². The molecule has 1 heterocycles. The second kappa shape index (κ2) is 10.1. The molecule has 2 fully saturated rings. The first-order valence-electron chi connectivity index (χ1n) is 9.99. The SMILES string of the molecule is CN1CC(=O)OB(C(C#CC2CCCC2)NS(=O)(=O)c2ccc([N+](=O)[O-])cc2)OC(=O)C1. The van der Waals surface area contributed by atoms with Crippen LogP contribution in [0.4, 0.5) is 5.69 Å². The Morgan fingerprint density at radius 3 is 2.25 bits per heavy atom. The van der Waals surface area contributed by atoms with Crippen LogP contribution in [0.1, 0.15) is 25.7 Å². The number of hydrogen-bond donors (Lipinski definition) is 1. The molecule has 13 heteroatoms. The molecular formula is C19H22BN3O8S. The van der Waals surface area contributed by atoms with Gasteiger partial charge in [-0.15, -0.1) is 0 Å². The van der Waals surface area contributed by atoms with Crippen molar-refractivity contribution in [3.8, 4) is 11.8 Å². The van der Waals surface area contributed by atoms with E-state index in [9.17, 15) is 28.1 Å². The molecule has 0 radical (unpaired) electrons. The number of non-ortho nitro benzene ring substituents is 1. The van der Waals surface area contributed by atoms with Gasteiger partial charge in [0.15, 0.2) is 0 Å². The van der Waals surface area contributed by atoms with Gasteiger partial charge < -0.3 is 9.31 Å². The van der Waals surface area contributed by atoms with E-state index in [1.165, 1.54) is 11.9 Å². The molecule has 1 aromatic rings. The van der Waals surface area contributed by atoms with Crippen LogP contribution in [0, 0.1) is 27.9 Å². The van der Waals surface area contributed by atoms with Crippen LogP contribution < -0.4 is 4.72 Å². The lowest BCUT2D eigenvalue weighted by Crippen LogP contribution is -2.53. The molecule has 1 aromatic carbocycles. The number of carbonyl (C=O) groups excluding carboxylic acids is 2. The van der Waals surface area contributed by atoms with Crippen LogP contribution in [-0.4, -0.2) is 63.4 Å². The van der Waals surface area contributed by atoms with Gasteiger partial charge >= 0.3 is 19.1 Å². The molecule has 1 N–H and O–H groups in total. The Labute approximate surface area is 185 Å². The Kier molecular flexibility index (Phi) is 7.50. The molecule has 0 bridgehead atoms. The highest BCUT2D eigenvalue weighted by Crippen LogP contribution is 2.24. The number of sulfonamides is 1. The van der Waals surface area contributed by atoms with Crippen LogP contribution in [0.3, 0.4) is 0 Å². The van der Waals surface area contributed by atoms with E-state index in [0.29, 0.717) is 0 Å². The summed E-state index contributed by atoms with van der Waals surface area (Å²) < 4.78 is 38.5. The second-order valence-electron chi connectivity index (χ2n) is 7.64. The maximum Gasteiger partial charge on any atom is 0.631 e. The molecule has 0 spiro atoms. The van der Waals surface area contributed by atoms with Crippen molar-refractivity contribution in [3.05, 3.63) is 34.4 Å². The zero-order valence-electron chi connectivity index (χ0n) is 17.4. The maximum absolute atomic E-state index is 12.9. The second-order valence-corrected chi connectivity index (χ2v) is 9.35. The zero-order chi connectivity index (χ0) is 23.3. The fourth-order valence-corrected chi connectivity index (χ4v) is 4.54. The summed E-state index contributed by atoms with van der Waals surface area (Å²) in [4.78, 5) is 35.6. The Bertz CT molecular complexity index is 1020. The minimum absolute atomic E-state index is 0.0625. The summed E-state index contributed by atoms with van der Waals surface area (Å²) in [6.45, 7) is -0.354. The third-order valence-electron chi connectivity index (χ3n) is 5.00. The van der Waals surface area contributed by atoms with Gasteiger partial charge in [0.25, 0.3) is 5.69 Å². The summed E-state index contributed by atoms with van der Waals surface area (Å²) in [5.41, 5.74) is -0.270. The highest BCUT2D eigenvalue weighted by molar-refractivity contribution is 7.89. The number of nitro groups is 1. The highest BCUT2D eigenvalue weighted by atomic mass is 32.2. The lowest BCUT2D eigenvalue weighted by atomic mass is 9.78. The number of rotatable bonds is 5. The van der Waals surface area contributed by atoms with Gasteiger partial charge in [-0.2, -0.15) is 4.72 Å². The Balaban J connectivity index is 1.88. The van der Waals surface area contributed by atoms with Crippen LogP contribution in [0.25, 0.3) is 0 Å². The number of benzene rings is 1. The van der Waals surface area contributed by atoms with E-state index in [4.69, 9.17) is 9.31 Å². The summed E-state index contributed by atoms with van der Waals surface area (Å²) in [5.74, 6) is 3.07. The molecule has 170 valence electrons. The van der Waals surface area contributed by atoms with Gasteiger partial charge in [-0.1, -0.05) is 24.7 Å². The minimum atomic E-state index is -4.23. The summed E-state index contributed by atoms with van der Waals surface area (Å²) in [6, 6.07) is 4.26. The van der Waals surface area contributed by atoms with E-state index in [-0.39, 0.29) is 29.6 Å². The zero-order valence-corrected chi connectivity index (χ0v) is 18.2. The molecule has 2 aliphatic rings. The highest BCUT2D eigenvalue weighted by Gasteiger charge is 2.41. The number of likely N-dealkylation sites (N-methyl/N-ethyl adjacent to an activating group) is 1. The fourth-order valence-electron chi connectivity index (χ4n) is 3.40. The van der Waals surface area contributed by atoms with Gasteiger partial charge in [0.2, 0.25) is 10.0 Å². The fraction of sp³-hybridized carbons (Fsp3) is 0.474. The van der Waals surface area contributed by atoms with E-state index in [0.717, 1.165) is 49.9 Å². The van der Waals surface area contributed by atoms with E-state index in [1.807, 2.05) is 0 Å². The van der Waals surface area contributed by atoms with Gasteiger partial charge in [0.05, 0.1) is 22.9 Å². The number of nitrogens with one attached hydrogen (secondary N) is 1. The number of nitrogens with zero attached hydrogens (tertiary/aromatic N) is 2. The van der Waals surface area contributed by atoms with Crippen LogP contribution in [0.15, 0.2) is 29.2 Å². The van der Waals surface area contributed by atoms with Gasteiger partial charge in [-0.05, 0) is 32.0 Å². The molecular weight excluding hydrogens is 441 g/mol. The molecule has 0 amide bonds. The summed E-state index contributed by atoms with van der Waals surface area (Å²) in [6.07, 6.45) is 3.75. The number of nitro benzene ring substituents is 1. The molecule has 0 aromatic heterocycles. The standard InChI is InChI=1S/C19H22BN3O8S/c1-22-12-18(24)30-20(31-19(25)13-22)17(11-6-14-4-2-3-5-14)21-32(28,29)16-9-7-15(8-10-16)23(26)27/h7-10,14,17,21H,2-5,12-13H2,1H3. The first-order valence-corrected chi connectivity index (χ1v) is 11.5. The molecule has 1 atom stereocenters. The van der Waals surface area contributed by atoms with E-state index < -0.39 is 39.9 Å². The van der Waals surface area contributed by atoms with Crippen molar-refractivity contribution in [1.29, 1.82) is 0 Å². The summed E-state index contributed by atoms with van der Waals surface area (Å²) >= 11 is 0. The van der Waals surface area contributed by atoms with Crippen molar-refractivity contribution in [2.24, 2.45) is 5.92 Å². The van der Waals surface area contributed by atoms with Crippen LogP contribution in [0.2, 0.25) is 0 Å². The Morgan fingerprint density at radius 1 is 1.16 bits per heavy atom. The van der Waals surface area contributed by atoms with Gasteiger partial charge in [-0.3, -0.25) is 24.6 Å². The van der Waals surface area contributed by atoms with Gasteiger partial charge in [0, 0.05) is 18.1 Å². The number of carbonyl (C=O) groups is 2. The van der Waals surface area contributed by atoms with Crippen molar-refractivity contribution in [2.75, 3.05) is 20.1 Å². The molecule has 3 rings (SSSR count). The lowest BCUT2D eigenvalue weighted by Gasteiger charge is -2.25. The molecule has 11 nitrogen and oxygen atoms in total. The average molecular weight is 463 g/mol. The maximum atomic E-state index is 12.9. The number of hydrogen-bond acceptors (Lipinski definition) is 9. The molecule has 1 aliphatic heterocycles. The van der Waals surface area contributed by atoms with Crippen molar-refractivity contribution in [1.82, 2.24) is 9.62 Å². The predicted octanol–water partition coefficient (Wildman–Crippen LogP) is 0.494. The summed E-state index contributed by atoms with van der Waals surface area (Å²) in [5, 5.41) is 10.8. The monoisotopic (exact) mass is 463 g/mol. The minimum Gasteiger partial charge on any atom is -0.497 e. The van der Waals surface area contributed by atoms with Crippen molar-refractivity contribution < 1.29 is 32.2 Å². The Hall–Kier alpha value is -2.95. The lowest BCUT2D eigenvalue weighted by molar-refractivity contribution is -0.384. The Morgan fingerprint density at radius 2 is 1.72 bits per heavy atom. The van der Waals surface area contributed by atoms with Crippen LogP contribution in [0.5, 0.6) is 0 Å². The largest absolute Gasteiger partial charge is 0.631 e. The molecule has 1 unspecified atom stereocenters. The molecule has 1 aliphatic carbocycles. The van der Waals surface area contributed by atoms with Crippen LogP contribution >= 0.6 is 0 Å².